The van der Waals surface area contributed by atoms with Gasteiger partial charge >= 0.3 is 5.97 Å². The minimum absolute atomic E-state index is 0.113. The SMILES string of the molecule is CC[C@H](C)[C@H]1NC(=O)[C@H](C(C)C)NC(=O)[C@@H](NC(=O)CC(O)CCCCCCCCCCCCN=C(N)N)[C@H](C)OC(=O)[C@H](C)NC(=O)[C@H](CCC(N)=O)NC(=O)[C@H]([C@H](C)O)NC1=O. The molecule has 1 saturated heterocycles. The number of unbranched alkanes of at least 4 members (excludes halogenated alkanes) is 9. The molecule has 0 aromatic heterocycles. The van der Waals surface area contributed by atoms with Gasteiger partial charge in [-0.2, -0.15) is 0 Å². The van der Waals surface area contributed by atoms with Gasteiger partial charge in [0.25, 0.3) is 0 Å². The summed E-state index contributed by atoms with van der Waals surface area (Å²) in [5.74, 6) is -8.06. The highest BCUT2D eigenvalue weighted by atomic mass is 16.5. The van der Waals surface area contributed by atoms with Crippen LogP contribution >= 0.6 is 0 Å². The number of hydrogen-bond acceptors (Lipinski definition) is 12. The topological polar surface area (TPSA) is 349 Å². The van der Waals surface area contributed by atoms with E-state index in [2.05, 4.69) is 36.9 Å². The summed E-state index contributed by atoms with van der Waals surface area (Å²) in [4.78, 5) is 111. The molecular weight excluding hydrogens is 833 g/mol. The average molecular weight is 911 g/mol. The number of cyclic esters (lactones) is 1. The number of aliphatic hydroxyl groups is 2. The molecule has 10 atom stereocenters. The van der Waals surface area contributed by atoms with E-state index in [4.69, 9.17) is 21.9 Å². The fourth-order valence-corrected chi connectivity index (χ4v) is 6.97. The first-order chi connectivity index (χ1) is 30.1. The van der Waals surface area contributed by atoms with Crippen molar-refractivity contribution in [3.05, 3.63) is 0 Å². The molecule has 1 aliphatic heterocycles. The second-order valence-corrected chi connectivity index (χ2v) is 17.3. The Morgan fingerprint density at radius 2 is 1.22 bits per heavy atom. The summed E-state index contributed by atoms with van der Waals surface area (Å²) in [6.07, 6.45) is 5.81. The number of carbonyl (C=O) groups is 8. The highest BCUT2D eigenvalue weighted by Crippen LogP contribution is 2.15. The van der Waals surface area contributed by atoms with Crippen molar-refractivity contribution in [2.45, 2.75) is 199 Å². The molecule has 0 radical (unpaired) electrons. The maximum Gasteiger partial charge on any atom is 0.328 e. The number of esters is 1. The van der Waals surface area contributed by atoms with Crippen LogP contribution in [0.25, 0.3) is 0 Å². The highest BCUT2D eigenvalue weighted by molar-refractivity contribution is 5.97. The first-order valence-electron chi connectivity index (χ1n) is 22.8. The molecular formula is C43H78N10O11. The second kappa shape index (κ2) is 30.2. The van der Waals surface area contributed by atoms with E-state index in [1.54, 1.807) is 27.7 Å². The number of primary amides is 1. The third-order valence-electron chi connectivity index (χ3n) is 11.2. The number of aliphatic imine (C=N–C) groups is 1. The number of guanidine groups is 1. The largest absolute Gasteiger partial charge is 0.458 e. The molecule has 0 aromatic rings. The number of carbonyl (C=O) groups excluding carboxylic acids is 8. The first-order valence-corrected chi connectivity index (χ1v) is 22.8. The monoisotopic (exact) mass is 911 g/mol. The van der Waals surface area contributed by atoms with Gasteiger partial charge in [-0.25, -0.2) is 4.79 Å². The Labute approximate surface area is 377 Å². The summed E-state index contributed by atoms with van der Waals surface area (Å²) in [6, 6.07) is -8.68. The zero-order chi connectivity index (χ0) is 48.5. The lowest BCUT2D eigenvalue weighted by Gasteiger charge is -2.31. The van der Waals surface area contributed by atoms with Gasteiger partial charge in [0.15, 0.2) is 5.96 Å². The molecule has 0 aliphatic carbocycles. The van der Waals surface area contributed by atoms with E-state index >= 15 is 0 Å². The molecule has 7 amide bonds. The summed E-state index contributed by atoms with van der Waals surface area (Å²) < 4.78 is 5.57. The lowest BCUT2D eigenvalue weighted by atomic mass is 9.95. The second-order valence-electron chi connectivity index (χ2n) is 17.3. The number of nitrogens with two attached hydrogens (primary N) is 3. The molecule has 0 spiro atoms. The van der Waals surface area contributed by atoms with Crippen LogP contribution in [0.5, 0.6) is 0 Å². The maximum absolute atomic E-state index is 14.0. The van der Waals surface area contributed by atoms with Gasteiger partial charge < -0.3 is 64.1 Å². The van der Waals surface area contributed by atoms with Crippen LogP contribution in [0.15, 0.2) is 4.99 Å². The number of nitrogens with zero attached hydrogens (tertiary/aromatic N) is 1. The number of aliphatic hydroxyl groups excluding tert-OH is 2. The minimum atomic E-state index is -1.64. The summed E-state index contributed by atoms with van der Waals surface area (Å²) >= 11 is 0. The predicted molar refractivity (Wildman–Crippen MR) is 239 cm³/mol. The van der Waals surface area contributed by atoms with Gasteiger partial charge in [0, 0.05) is 13.0 Å². The normalized spacial score (nSPS) is 24.5. The van der Waals surface area contributed by atoms with Gasteiger partial charge in [-0.15, -0.1) is 0 Å². The quantitative estimate of drug-likeness (QED) is 0.0268. The Morgan fingerprint density at radius 3 is 1.75 bits per heavy atom. The van der Waals surface area contributed by atoms with E-state index in [9.17, 15) is 48.6 Å². The van der Waals surface area contributed by atoms with Gasteiger partial charge in [0.1, 0.15) is 42.4 Å². The molecule has 1 fully saturated rings. The third-order valence-corrected chi connectivity index (χ3v) is 11.2. The van der Waals surface area contributed by atoms with Crippen LogP contribution in [-0.2, 0) is 43.1 Å². The predicted octanol–water partition coefficient (Wildman–Crippen LogP) is -0.476. The van der Waals surface area contributed by atoms with E-state index in [0.29, 0.717) is 25.8 Å². The zero-order valence-corrected chi connectivity index (χ0v) is 38.9. The molecule has 366 valence electrons. The fraction of sp³-hybridized carbons (Fsp3) is 0.791. The number of rotatable bonds is 23. The lowest BCUT2D eigenvalue weighted by Crippen LogP contribution is -2.63. The van der Waals surface area contributed by atoms with Crippen LogP contribution in [0.4, 0.5) is 0 Å². The van der Waals surface area contributed by atoms with Crippen LogP contribution in [0.3, 0.4) is 0 Å². The van der Waals surface area contributed by atoms with Crippen molar-refractivity contribution in [1.29, 1.82) is 0 Å². The van der Waals surface area contributed by atoms with Gasteiger partial charge in [0.05, 0.1) is 18.6 Å². The van der Waals surface area contributed by atoms with Crippen molar-refractivity contribution < 1.29 is 53.3 Å². The van der Waals surface area contributed by atoms with Crippen molar-refractivity contribution >= 4 is 53.3 Å². The number of amides is 7. The Balaban J connectivity index is 3.25. The van der Waals surface area contributed by atoms with Crippen LogP contribution in [0, 0.1) is 11.8 Å². The molecule has 14 N–H and O–H groups in total. The summed E-state index contributed by atoms with van der Waals surface area (Å²) in [7, 11) is 0. The first kappa shape index (κ1) is 57.0. The van der Waals surface area contributed by atoms with Gasteiger partial charge in [-0.05, 0) is 51.9 Å². The van der Waals surface area contributed by atoms with Crippen molar-refractivity contribution in [2.24, 2.45) is 34.0 Å². The highest BCUT2D eigenvalue weighted by Gasteiger charge is 2.39. The molecule has 0 aromatic carbocycles. The Morgan fingerprint density at radius 1 is 0.703 bits per heavy atom. The average Bonchev–Trinajstić information content (AvgIpc) is 3.21. The molecule has 21 heteroatoms. The molecule has 21 nitrogen and oxygen atoms in total. The minimum Gasteiger partial charge on any atom is -0.458 e. The zero-order valence-electron chi connectivity index (χ0n) is 38.9. The van der Waals surface area contributed by atoms with Crippen molar-refractivity contribution in [1.82, 2.24) is 31.9 Å². The van der Waals surface area contributed by atoms with Gasteiger partial charge in [-0.3, -0.25) is 38.6 Å². The molecule has 1 rings (SSSR count). The van der Waals surface area contributed by atoms with Crippen molar-refractivity contribution in [3.63, 3.8) is 0 Å². The van der Waals surface area contributed by atoms with E-state index in [-0.39, 0.29) is 25.2 Å². The third kappa shape index (κ3) is 22.0. The summed E-state index contributed by atoms with van der Waals surface area (Å²) in [6.45, 7) is 11.2. The molecule has 1 unspecified atom stereocenters. The molecule has 1 heterocycles. The van der Waals surface area contributed by atoms with Crippen LogP contribution in [0.2, 0.25) is 0 Å². The molecule has 0 bridgehead atoms. The Hall–Kier alpha value is -5.05. The van der Waals surface area contributed by atoms with Crippen LogP contribution < -0.4 is 49.1 Å². The lowest BCUT2D eigenvalue weighted by molar-refractivity contribution is -0.155. The van der Waals surface area contributed by atoms with E-state index in [0.717, 1.165) is 57.8 Å². The summed E-state index contributed by atoms with van der Waals surface area (Å²) in [5, 5.41) is 36.4. The Kier molecular flexibility index (Phi) is 26.8. The smallest absolute Gasteiger partial charge is 0.328 e. The number of ether oxygens (including phenoxy) is 1. The van der Waals surface area contributed by atoms with Crippen molar-refractivity contribution in [3.8, 4) is 0 Å². The maximum atomic E-state index is 14.0. The van der Waals surface area contributed by atoms with E-state index in [1.807, 2.05) is 0 Å². The van der Waals surface area contributed by atoms with Crippen molar-refractivity contribution in [2.75, 3.05) is 6.54 Å². The molecule has 64 heavy (non-hydrogen) atoms. The Bertz CT molecular complexity index is 1560. The van der Waals surface area contributed by atoms with Gasteiger partial charge in [0.2, 0.25) is 41.4 Å². The van der Waals surface area contributed by atoms with E-state index in [1.165, 1.54) is 20.8 Å². The summed E-state index contributed by atoms with van der Waals surface area (Å²) in [5.41, 5.74) is 16.0. The van der Waals surface area contributed by atoms with Crippen LogP contribution in [-0.4, -0.2) is 125 Å². The standard InChI is InChI=1S/C43H78N10O11/c1-8-25(4)34-39(60)53-35(27(6)54)40(61)49-30(20-21-31(44)56)37(58)48-26(5)42(63)64-28(7)36(41(62)51-33(24(2)3)38(59)52-34)50-32(57)23-29(55)19-17-15-13-11-9-10-12-14-16-18-22-47-43(45)46/h24-30,33-36,54-55H,8-23H2,1-7H3,(H2,44,56)(H,48,58)(H,49,61)(H,50,57)(H,51,62)(H,52,59)(H,53,60)(H4,45,46,47)/t25-,26-,27-,28-,29?,30-,33-,34+,35-,36-/m0/s1. The number of nitrogens with one attached hydrogen (secondary N) is 6. The van der Waals surface area contributed by atoms with Gasteiger partial charge in [-0.1, -0.05) is 91.9 Å². The van der Waals surface area contributed by atoms with Crippen LogP contribution in [0.1, 0.15) is 145 Å². The fourth-order valence-electron chi connectivity index (χ4n) is 6.97. The number of hydrogen-bond donors (Lipinski definition) is 11. The molecule has 0 saturated carbocycles. The van der Waals surface area contributed by atoms with E-state index < -0.39 is 114 Å². The molecule has 1 aliphatic rings.